The maximum Gasteiger partial charge on any atom is 0.306 e. The number of carbonyl (C=O) groups is 2. The van der Waals surface area contributed by atoms with Gasteiger partial charge in [-0.15, -0.1) is 0 Å². The second-order valence-electron chi connectivity index (χ2n) is 3.73. The molecule has 8 heteroatoms. The lowest BCUT2D eigenvalue weighted by atomic mass is 10.3. The second-order valence-corrected chi connectivity index (χ2v) is 4.84. The number of methoxy groups -OCH3 is 1. The maximum absolute atomic E-state index is 11.6. The van der Waals surface area contributed by atoms with E-state index in [9.17, 15) is 19.7 Å². The summed E-state index contributed by atoms with van der Waals surface area (Å²) in [6, 6.07) is 5.71. The Morgan fingerprint density at radius 2 is 2.20 bits per heavy atom. The molecule has 0 spiro atoms. The molecule has 0 fully saturated rings. The van der Waals surface area contributed by atoms with Crippen LogP contribution in [0.15, 0.2) is 24.3 Å². The predicted octanol–water partition coefficient (Wildman–Crippen LogP) is 1.83. The van der Waals surface area contributed by atoms with Gasteiger partial charge >= 0.3 is 5.97 Å². The highest BCUT2D eigenvalue weighted by Gasteiger charge is 2.08. The van der Waals surface area contributed by atoms with E-state index >= 15 is 0 Å². The lowest BCUT2D eigenvalue weighted by molar-refractivity contribution is -0.384. The molecule has 0 unspecified atom stereocenters. The molecule has 1 N–H and O–H groups in total. The number of rotatable bonds is 7. The summed E-state index contributed by atoms with van der Waals surface area (Å²) in [7, 11) is 1.31. The minimum Gasteiger partial charge on any atom is -0.469 e. The fourth-order valence-electron chi connectivity index (χ4n) is 1.32. The molecule has 0 aromatic heterocycles. The summed E-state index contributed by atoms with van der Waals surface area (Å²) in [6.07, 6.45) is 0.241. The molecule has 0 saturated carbocycles. The van der Waals surface area contributed by atoms with Crippen LogP contribution in [0.25, 0.3) is 0 Å². The zero-order valence-electron chi connectivity index (χ0n) is 10.8. The van der Waals surface area contributed by atoms with Gasteiger partial charge in [0.25, 0.3) is 5.69 Å². The molecule has 0 bridgehead atoms. The van der Waals surface area contributed by atoms with Crippen molar-refractivity contribution < 1.29 is 19.2 Å². The summed E-state index contributed by atoms with van der Waals surface area (Å²) >= 11 is 1.29. The van der Waals surface area contributed by atoms with Crippen LogP contribution in [0.4, 0.5) is 11.4 Å². The molecular weight excluding hydrogens is 284 g/mol. The molecule has 0 atom stereocenters. The van der Waals surface area contributed by atoms with Crippen LogP contribution in [0.5, 0.6) is 0 Å². The number of nitro benzene ring substituents is 1. The largest absolute Gasteiger partial charge is 0.469 e. The molecular formula is C12H14N2O5S. The Morgan fingerprint density at radius 3 is 2.85 bits per heavy atom. The molecule has 0 saturated heterocycles. The highest BCUT2D eigenvalue weighted by atomic mass is 32.2. The van der Waals surface area contributed by atoms with E-state index in [1.54, 1.807) is 6.07 Å². The van der Waals surface area contributed by atoms with Crippen molar-refractivity contribution >= 4 is 35.0 Å². The lowest BCUT2D eigenvalue weighted by Gasteiger charge is -2.04. The molecule has 1 rings (SSSR count). The average molecular weight is 298 g/mol. The topological polar surface area (TPSA) is 98.5 Å². The molecule has 7 nitrogen and oxygen atoms in total. The maximum atomic E-state index is 11.6. The number of nitro groups is 1. The molecule has 0 heterocycles. The van der Waals surface area contributed by atoms with Crippen molar-refractivity contribution in [2.45, 2.75) is 6.42 Å². The van der Waals surface area contributed by atoms with E-state index in [0.29, 0.717) is 11.4 Å². The van der Waals surface area contributed by atoms with Crippen molar-refractivity contribution in [3.05, 3.63) is 34.4 Å². The summed E-state index contributed by atoms with van der Waals surface area (Å²) in [5, 5.41) is 13.1. The third-order valence-corrected chi connectivity index (χ3v) is 3.21. The van der Waals surface area contributed by atoms with Crippen molar-refractivity contribution in [3.63, 3.8) is 0 Å². The van der Waals surface area contributed by atoms with Crippen molar-refractivity contribution in [2.75, 3.05) is 23.9 Å². The number of thioether (sulfide) groups is 1. The first-order valence-corrected chi connectivity index (χ1v) is 6.87. The number of nitrogens with one attached hydrogen (secondary N) is 1. The zero-order chi connectivity index (χ0) is 15.0. The fraction of sp³-hybridized carbons (Fsp3) is 0.333. The summed E-state index contributed by atoms with van der Waals surface area (Å²) in [5.74, 6) is 0.0475. The first-order valence-electron chi connectivity index (χ1n) is 5.72. The number of ether oxygens (including phenoxy) is 1. The highest BCUT2D eigenvalue weighted by Crippen LogP contribution is 2.17. The van der Waals surface area contributed by atoms with E-state index in [1.807, 2.05) is 0 Å². The van der Waals surface area contributed by atoms with E-state index in [4.69, 9.17) is 0 Å². The number of carbonyl (C=O) groups excluding carboxylic acids is 2. The van der Waals surface area contributed by atoms with E-state index in [0.717, 1.165) is 0 Å². The Kier molecular flexibility index (Phi) is 6.51. The Morgan fingerprint density at radius 1 is 1.45 bits per heavy atom. The van der Waals surface area contributed by atoms with Crippen molar-refractivity contribution in [2.24, 2.45) is 0 Å². The third-order valence-electron chi connectivity index (χ3n) is 2.25. The van der Waals surface area contributed by atoms with Gasteiger partial charge in [0, 0.05) is 23.6 Å². The van der Waals surface area contributed by atoms with Gasteiger partial charge in [0.15, 0.2) is 0 Å². The SMILES string of the molecule is COC(=O)CCSCC(=O)Nc1cccc([N+](=O)[O-])c1. The fourth-order valence-corrected chi connectivity index (χ4v) is 2.03. The van der Waals surface area contributed by atoms with Gasteiger partial charge in [-0.3, -0.25) is 19.7 Å². The van der Waals surface area contributed by atoms with Gasteiger partial charge < -0.3 is 10.1 Å². The number of esters is 1. The normalized spacial score (nSPS) is 9.85. The van der Waals surface area contributed by atoms with Crippen LogP contribution in [0, 0.1) is 10.1 Å². The number of hydrogen-bond acceptors (Lipinski definition) is 6. The predicted molar refractivity (Wildman–Crippen MR) is 75.7 cm³/mol. The van der Waals surface area contributed by atoms with Crippen LogP contribution in [0.2, 0.25) is 0 Å². The van der Waals surface area contributed by atoms with E-state index in [2.05, 4.69) is 10.1 Å². The summed E-state index contributed by atoms with van der Waals surface area (Å²) in [5.41, 5.74) is 0.291. The summed E-state index contributed by atoms with van der Waals surface area (Å²) in [4.78, 5) is 32.5. The van der Waals surface area contributed by atoms with Gasteiger partial charge in [0.1, 0.15) is 0 Å². The van der Waals surface area contributed by atoms with Crippen molar-refractivity contribution in [3.8, 4) is 0 Å². The number of nitrogens with zero attached hydrogens (tertiary/aromatic N) is 1. The standard InChI is InChI=1S/C12H14N2O5S/c1-19-12(16)5-6-20-8-11(15)13-9-3-2-4-10(7-9)14(17)18/h2-4,7H,5-6,8H2,1H3,(H,13,15). The molecule has 0 aliphatic rings. The molecule has 108 valence electrons. The number of hydrogen-bond donors (Lipinski definition) is 1. The Hall–Kier alpha value is -2.09. The van der Waals surface area contributed by atoms with Gasteiger partial charge in [-0.05, 0) is 6.07 Å². The number of benzene rings is 1. The van der Waals surface area contributed by atoms with E-state index < -0.39 is 4.92 Å². The molecule has 1 amide bonds. The molecule has 0 aliphatic heterocycles. The van der Waals surface area contributed by atoms with Crippen LogP contribution in [0.1, 0.15) is 6.42 Å². The summed E-state index contributed by atoms with van der Waals surface area (Å²) < 4.78 is 4.47. The zero-order valence-corrected chi connectivity index (χ0v) is 11.6. The van der Waals surface area contributed by atoms with Gasteiger partial charge in [-0.1, -0.05) is 6.07 Å². The van der Waals surface area contributed by atoms with Gasteiger partial charge in [0.05, 0.1) is 24.2 Å². The average Bonchev–Trinajstić information content (AvgIpc) is 2.43. The Bertz CT molecular complexity index is 506. The summed E-state index contributed by atoms with van der Waals surface area (Å²) in [6.45, 7) is 0. The molecule has 0 radical (unpaired) electrons. The first-order chi connectivity index (χ1) is 9.52. The molecule has 1 aromatic rings. The Balaban J connectivity index is 2.37. The van der Waals surface area contributed by atoms with E-state index in [1.165, 1.54) is 37.1 Å². The lowest BCUT2D eigenvalue weighted by Crippen LogP contribution is -2.14. The quantitative estimate of drug-likeness (QED) is 0.357. The Labute approximate surface area is 119 Å². The minimum atomic E-state index is -0.527. The molecule has 0 aliphatic carbocycles. The molecule has 1 aromatic carbocycles. The monoisotopic (exact) mass is 298 g/mol. The number of non-ortho nitro benzene ring substituents is 1. The minimum absolute atomic E-state index is 0.0823. The van der Waals surface area contributed by atoms with Crippen LogP contribution in [-0.4, -0.2) is 35.4 Å². The molecule has 20 heavy (non-hydrogen) atoms. The smallest absolute Gasteiger partial charge is 0.306 e. The van der Waals surface area contributed by atoms with Crippen LogP contribution >= 0.6 is 11.8 Å². The highest BCUT2D eigenvalue weighted by molar-refractivity contribution is 7.99. The third kappa shape index (κ3) is 5.70. The first kappa shape index (κ1) is 16.0. The van der Waals surface area contributed by atoms with Gasteiger partial charge in [0.2, 0.25) is 5.91 Å². The number of anilines is 1. The number of amides is 1. The van der Waals surface area contributed by atoms with Gasteiger partial charge in [-0.2, -0.15) is 11.8 Å². The second kappa shape index (κ2) is 8.16. The van der Waals surface area contributed by atoms with E-state index in [-0.39, 0.29) is 29.7 Å². The van der Waals surface area contributed by atoms with Crippen molar-refractivity contribution in [1.29, 1.82) is 0 Å². The van der Waals surface area contributed by atoms with Crippen LogP contribution in [-0.2, 0) is 14.3 Å². The van der Waals surface area contributed by atoms with Gasteiger partial charge in [-0.25, -0.2) is 0 Å². The van der Waals surface area contributed by atoms with Crippen LogP contribution < -0.4 is 5.32 Å². The van der Waals surface area contributed by atoms with Crippen molar-refractivity contribution in [1.82, 2.24) is 0 Å². The van der Waals surface area contributed by atoms with Crippen LogP contribution in [0.3, 0.4) is 0 Å².